The summed E-state index contributed by atoms with van der Waals surface area (Å²) in [6.45, 7) is 2.25. The molecule has 0 aliphatic heterocycles. The third kappa shape index (κ3) is 3.12. The van der Waals surface area contributed by atoms with Crippen molar-refractivity contribution in [2.24, 2.45) is 5.10 Å². The predicted molar refractivity (Wildman–Crippen MR) is 74.7 cm³/mol. The van der Waals surface area contributed by atoms with E-state index in [0.29, 0.717) is 22.7 Å². The van der Waals surface area contributed by atoms with Crippen LogP contribution in [0.15, 0.2) is 23.6 Å². The number of halogens is 1. The Kier molecular flexibility index (Phi) is 4.18. The number of nitrogens with zero attached hydrogens (tertiary/aromatic N) is 3. The molecule has 0 atom stereocenters. The smallest absolute Gasteiger partial charge is 0.216 e. The first kappa shape index (κ1) is 13.6. The lowest BCUT2D eigenvalue weighted by Crippen LogP contribution is -1.95. The Morgan fingerprint density at radius 2 is 2.42 bits per heavy atom. The molecule has 2 N–H and O–H groups in total. The summed E-state index contributed by atoms with van der Waals surface area (Å²) >= 11 is 10.9. The molecule has 19 heavy (non-hydrogen) atoms. The molecule has 1 aromatic carbocycles. The molecule has 6 nitrogen and oxygen atoms in total. The van der Waals surface area contributed by atoms with Crippen LogP contribution in [0.1, 0.15) is 12.5 Å². The monoisotopic (exact) mass is 298 g/mol. The largest absolute Gasteiger partial charge is 0.503 e. The average Bonchev–Trinajstić information content (AvgIpc) is 2.78. The van der Waals surface area contributed by atoms with Gasteiger partial charge in [-0.05, 0) is 36.8 Å². The predicted octanol–water partition coefficient (Wildman–Crippen LogP) is 2.58. The van der Waals surface area contributed by atoms with Crippen molar-refractivity contribution in [1.82, 2.24) is 14.9 Å². The van der Waals surface area contributed by atoms with Crippen molar-refractivity contribution < 1.29 is 9.84 Å². The van der Waals surface area contributed by atoms with Crippen LogP contribution in [0.2, 0.25) is 5.02 Å². The van der Waals surface area contributed by atoms with Gasteiger partial charge in [0.2, 0.25) is 4.77 Å². The zero-order valence-electron chi connectivity index (χ0n) is 10.00. The van der Waals surface area contributed by atoms with Crippen LogP contribution in [-0.2, 0) is 0 Å². The summed E-state index contributed by atoms with van der Waals surface area (Å²) in [5, 5.41) is 20.3. The van der Waals surface area contributed by atoms with E-state index in [9.17, 15) is 5.11 Å². The maximum absolute atomic E-state index is 9.71. The minimum Gasteiger partial charge on any atom is -0.503 e. The van der Waals surface area contributed by atoms with Crippen molar-refractivity contribution in [2.45, 2.75) is 6.92 Å². The number of benzene rings is 1. The van der Waals surface area contributed by atoms with Crippen LogP contribution in [0.3, 0.4) is 0 Å². The van der Waals surface area contributed by atoms with E-state index in [1.165, 1.54) is 11.0 Å². The number of aromatic hydroxyl groups is 1. The highest BCUT2D eigenvalue weighted by atomic mass is 35.5. The molecule has 0 unspecified atom stereocenters. The van der Waals surface area contributed by atoms with Crippen LogP contribution >= 0.6 is 23.8 Å². The molecule has 0 spiro atoms. The van der Waals surface area contributed by atoms with Crippen molar-refractivity contribution in [3.05, 3.63) is 33.8 Å². The lowest BCUT2D eigenvalue weighted by Gasteiger charge is -2.07. The number of ether oxygens (including phenoxy) is 1. The topological polar surface area (TPSA) is 75.4 Å². The number of hydrogen-bond acceptors (Lipinski definition) is 5. The Morgan fingerprint density at radius 3 is 3.05 bits per heavy atom. The second kappa shape index (κ2) is 5.85. The molecule has 8 heteroatoms. The van der Waals surface area contributed by atoms with Crippen LogP contribution in [0.5, 0.6) is 11.5 Å². The van der Waals surface area contributed by atoms with Gasteiger partial charge in [-0.15, -0.1) is 0 Å². The summed E-state index contributed by atoms with van der Waals surface area (Å²) < 4.78 is 7.06. The number of rotatable bonds is 4. The molecule has 0 aliphatic carbocycles. The molecule has 1 heterocycles. The molecular weight excluding hydrogens is 288 g/mol. The molecule has 0 bridgehead atoms. The Hall–Kier alpha value is -1.86. The van der Waals surface area contributed by atoms with Gasteiger partial charge in [-0.3, -0.25) is 5.10 Å². The second-order valence-electron chi connectivity index (χ2n) is 3.53. The van der Waals surface area contributed by atoms with E-state index in [2.05, 4.69) is 15.3 Å². The minimum atomic E-state index is -0.0828. The molecule has 1 aromatic heterocycles. The molecule has 2 rings (SSSR count). The quantitative estimate of drug-likeness (QED) is 0.672. The number of phenolic OH excluding ortho intramolecular Hbond substituents is 1. The van der Waals surface area contributed by atoms with Gasteiger partial charge in [-0.2, -0.15) is 14.9 Å². The van der Waals surface area contributed by atoms with Gasteiger partial charge in [0.25, 0.3) is 0 Å². The summed E-state index contributed by atoms with van der Waals surface area (Å²) in [5.41, 5.74) is 0.675. The first-order valence-electron chi connectivity index (χ1n) is 5.43. The maximum Gasteiger partial charge on any atom is 0.216 e. The lowest BCUT2D eigenvalue weighted by atomic mass is 10.2. The number of H-pyrrole nitrogens is 1. The molecule has 0 amide bonds. The standard InChI is InChI=1S/C11H11ClN4O2S/c1-2-18-9-4-7(3-8(12)10(9)17)5-14-16-6-13-15-11(16)19/h3-6,17H,2H2,1H3,(H,15,19)/b14-5-. The van der Waals surface area contributed by atoms with Gasteiger partial charge in [0.15, 0.2) is 11.5 Å². The zero-order valence-corrected chi connectivity index (χ0v) is 11.6. The Balaban J connectivity index is 2.33. The number of aromatic nitrogens is 3. The van der Waals surface area contributed by atoms with Crippen LogP contribution in [-0.4, -0.2) is 32.8 Å². The van der Waals surface area contributed by atoms with Gasteiger partial charge < -0.3 is 9.84 Å². The molecule has 0 fully saturated rings. The molecule has 0 saturated heterocycles. The first-order chi connectivity index (χ1) is 9.11. The third-order valence-corrected chi connectivity index (χ3v) is 2.78. The van der Waals surface area contributed by atoms with E-state index in [4.69, 9.17) is 28.6 Å². The van der Waals surface area contributed by atoms with Gasteiger partial charge in [0, 0.05) is 0 Å². The second-order valence-corrected chi connectivity index (χ2v) is 4.33. The first-order valence-corrected chi connectivity index (χ1v) is 6.22. The molecule has 100 valence electrons. The molecule has 2 aromatic rings. The van der Waals surface area contributed by atoms with Crippen molar-refractivity contribution in [1.29, 1.82) is 0 Å². The summed E-state index contributed by atoms with van der Waals surface area (Å²) in [4.78, 5) is 0. The average molecular weight is 299 g/mol. The highest BCUT2D eigenvalue weighted by Gasteiger charge is 2.08. The fourth-order valence-electron chi connectivity index (χ4n) is 1.39. The molecule has 0 radical (unpaired) electrons. The lowest BCUT2D eigenvalue weighted by molar-refractivity contribution is 0.318. The highest BCUT2D eigenvalue weighted by Crippen LogP contribution is 2.34. The Bertz CT molecular complexity index is 665. The molecule has 0 aliphatic rings. The highest BCUT2D eigenvalue weighted by molar-refractivity contribution is 7.71. The normalized spacial score (nSPS) is 11.1. The molecule has 0 saturated carbocycles. The number of aromatic amines is 1. The summed E-state index contributed by atoms with van der Waals surface area (Å²) in [5.74, 6) is 0.229. The van der Waals surface area contributed by atoms with Crippen molar-refractivity contribution >= 4 is 30.0 Å². The Labute approximate surface area is 119 Å². The van der Waals surface area contributed by atoms with Crippen LogP contribution in [0.4, 0.5) is 0 Å². The number of hydrogen-bond donors (Lipinski definition) is 2. The van der Waals surface area contributed by atoms with E-state index in [0.717, 1.165) is 0 Å². The van der Waals surface area contributed by atoms with E-state index in [1.807, 2.05) is 6.92 Å². The van der Waals surface area contributed by atoms with E-state index < -0.39 is 0 Å². The van der Waals surface area contributed by atoms with E-state index in [-0.39, 0.29) is 10.8 Å². The Morgan fingerprint density at radius 1 is 1.63 bits per heavy atom. The number of phenols is 1. The van der Waals surface area contributed by atoms with Crippen molar-refractivity contribution in [2.75, 3.05) is 6.61 Å². The third-order valence-electron chi connectivity index (χ3n) is 2.22. The van der Waals surface area contributed by atoms with Crippen molar-refractivity contribution in [3.8, 4) is 11.5 Å². The van der Waals surface area contributed by atoms with Crippen molar-refractivity contribution in [3.63, 3.8) is 0 Å². The van der Waals surface area contributed by atoms with Gasteiger partial charge in [0.05, 0.1) is 17.8 Å². The fraction of sp³-hybridized carbons (Fsp3) is 0.182. The van der Waals surface area contributed by atoms with Gasteiger partial charge in [0.1, 0.15) is 6.33 Å². The summed E-state index contributed by atoms with van der Waals surface area (Å²) in [7, 11) is 0. The minimum absolute atomic E-state index is 0.0828. The number of nitrogens with one attached hydrogen (secondary N) is 1. The van der Waals surface area contributed by atoms with Gasteiger partial charge >= 0.3 is 0 Å². The summed E-state index contributed by atoms with van der Waals surface area (Å²) in [6, 6.07) is 3.21. The maximum atomic E-state index is 9.71. The van der Waals surface area contributed by atoms with Crippen LogP contribution in [0, 0.1) is 4.77 Å². The van der Waals surface area contributed by atoms with Gasteiger partial charge in [-0.25, -0.2) is 0 Å². The summed E-state index contributed by atoms with van der Waals surface area (Å²) in [6.07, 6.45) is 2.99. The van der Waals surface area contributed by atoms with Gasteiger partial charge in [-0.1, -0.05) is 11.6 Å². The van der Waals surface area contributed by atoms with Crippen LogP contribution < -0.4 is 4.74 Å². The van der Waals surface area contributed by atoms with E-state index in [1.54, 1.807) is 18.3 Å². The molecular formula is C11H11ClN4O2S. The van der Waals surface area contributed by atoms with E-state index >= 15 is 0 Å². The SMILES string of the molecule is CCOc1cc(/C=N\n2cn[nH]c2=S)cc(Cl)c1O. The van der Waals surface area contributed by atoms with Crippen LogP contribution in [0.25, 0.3) is 0 Å². The zero-order chi connectivity index (χ0) is 13.8. The fourth-order valence-corrected chi connectivity index (χ4v) is 1.75.